The third kappa shape index (κ3) is 4.28. The van der Waals surface area contributed by atoms with Crippen molar-refractivity contribution in [3.63, 3.8) is 0 Å². The van der Waals surface area contributed by atoms with E-state index >= 15 is 0 Å². The van der Waals surface area contributed by atoms with E-state index < -0.39 is 6.04 Å². The number of aromatic nitrogens is 2. The van der Waals surface area contributed by atoms with Crippen LogP contribution in [-0.4, -0.2) is 59.1 Å². The van der Waals surface area contributed by atoms with Crippen molar-refractivity contribution >= 4 is 24.2 Å². The van der Waals surface area contributed by atoms with E-state index in [-0.39, 0.29) is 36.7 Å². The number of amides is 2. The molecule has 0 saturated carbocycles. The van der Waals surface area contributed by atoms with Gasteiger partial charge in [0.25, 0.3) is 0 Å². The molecule has 2 aliphatic heterocycles. The number of nitrogens with zero attached hydrogens (tertiary/aromatic N) is 3. The fourth-order valence-electron chi connectivity index (χ4n) is 3.45. The first-order chi connectivity index (χ1) is 12.7. The number of likely N-dealkylation sites (tertiary alicyclic amines) is 1. The number of benzene rings is 1. The molecule has 0 spiro atoms. The third-order valence-corrected chi connectivity index (χ3v) is 4.90. The van der Waals surface area contributed by atoms with Gasteiger partial charge in [0.1, 0.15) is 6.04 Å². The second kappa shape index (κ2) is 8.49. The molecule has 9 heteroatoms. The summed E-state index contributed by atoms with van der Waals surface area (Å²) in [6.07, 6.45) is 1.55. The fourth-order valence-corrected chi connectivity index (χ4v) is 3.45. The first-order valence-corrected chi connectivity index (χ1v) is 8.88. The van der Waals surface area contributed by atoms with E-state index in [9.17, 15) is 9.59 Å². The SMILES string of the molecule is Cl.O=C1CNCC(C(=O)N2CCC(c3nc(-c4ccccc4)no3)CC2)N1. The van der Waals surface area contributed by atoms with E-state index in [4.69, 9.17) is 4.52 Å². The zero-order valence-electron chi connectivity index (χ0n) is 14.8. The lowest BCUT2D eigenvalue weighted by molar-refractivity contribution is -0.138. The van der Waals surface area contributed by atoms with Crippen LogP contribution in [0.25, 0.3) is 11.4 Å². The molecule has 1 atom stereocenters. The molecule has 2 saturated heterocycles. The summed E-state index contributed by atoms with van der Waals surface area (Å²) in [5, 5.41) is 9.78. The van der Waals surface area contributed by atoms with Crippen molar-refractivity contribution in [2.75, 3.05) is 26.2 Å². The number of piperidine rings is 1. The molecule has 1 aromatic heterocycles. The van der Waals surface area contributed by atoms with Gasteiger partial charge in [-0.25, -0.2) is 0 Å². The molecule has 0 aliphatic carbocycles. The first-order valence-electron chi connectivity index (χ1n) is 8.88. The number of nitrogens with one attached hydrogen (secondary N) is 2. The Morgan fingerprint density at radius 3 is 2.63 bits per heavy atom. The van der Waals surface area contributed by atoms with Crippen LogP contribution in [0.3, 0.4) is 0 Å². The minimum absolute atomic E-state index is 0. The summed E-state index contributed by atoms with van der Waals surface area (Å²) in [7, 11) is 0. The fraction of sp³-hybridized carbons (Fsp3) is 0.444. The summed E-state index contributed by atoms with van der Waals surface area (Å²) in [6, 6.07) is 9.25. The minimum Gasteiger partial charge on any atom is -0.342 e. The van der Waals surface area contributed by atoms with Gasteiger partial charge in [-0.3, -0.25) is 9.59 Å². The topological polar surface area (TPSA) is 100 Å². The van der Waals surface area contributed by atoms with Gasteiger partial charge >= 0.3 is 0 Å². The van der Waals surface area contributed by atoms with Crippen LogP contribution in [0.1, 0.15) is 24.7 Å². The molecule has 8 nitrogen and oxygen atoms in total. The third-order valence-electron chi connectivity index (χ3n) is 4.90. The monoisotopic (exact) mass is 391 g/mol. The van der Waals surface area contributed by atoms with Crippen molar-refractivity contribution in [3.8, 4) is 11.4 Å². The van der Waals surface area contributed by atoms with E-state index in [1.165, 1.54) is 0 Å². The molecule has 1 aromatic carbocycles. The standard InChI is InChI=1S/C18H21N5O3.ClH/c24-15-11-19-10-14(20-15)18(25)23-8-6-13(7-9-23)17-21-16(22-26-17)12-4-2-1-3-5-12;/h1-5,13-14,19H,6-11H2,(H,20,24);1H. The number of piperazine rings is 1. The Kier molecular flexibility index (Phi) is 6.08. The Morgan fingerprint density at radius 2 is 1.93 bits per heavy atom. The molecule has 2 aliphatic rings. The van der Waals surface area contributed by atoms with Gasteiger partial charge in [0.2, 0.25) is 23.5 Å². The number of rotatable bonds is 3. The zero-order valence-corrected chi connectivity index (χ0v) is 15.6. The summed E-state index contributed by atoms with van der Waals surface area (Å²) in [5.74, 6) is 1.21. The molecule has 27 heavy (non-hydrogen) atoms. The minimum atomic E-state index is -0.471. The van der Waals surface area contributed by atoms with Gasteiger partial charge in [-0.1, -0.05) is 35.5 Å². The van der Waals surface area contributed by atoms with Gasteiger partial charge in [0, 0.05) is 31.1 Å². The Labute approximate surface area is 163 Å². The van der Waals surface area contributed by atoms with Gasteiger partial charge in [-0.15, -0.1) is 12.4 Å². The van der Waals surface area contributed by atoms with Crippen molar-refractivity contribution in [3.05, 3.63) is 36.2 Å². The molecule has 0 bridgehead atoms. The Morgan fingerprint density at radius 1 is 1.19 bits per heavy atom. The lowest BCUT2D eigenvalue weighted by atomic mass is 9.96. The van der Waals surface area contributed by atoms with Crippen LogP contribution in [-0.2, 0) is 9.59 Å². The second-order valence-corrected chi connectivity index (χ2v) is 6.67. The van der Waals surface area contributed by atoms with Crippen LogP contribution < -0.4 is 10.6 Å². The Hall–Kier alpha value is -2.45. The van der Waals surface area contributed by atoms with Gasteiger partial charge < -0.3 is 20.1 Å². The number of carbonyl (C=O) groups excluding carboxylic acids is 2. The predicted molar refractivity (Wildman–Crippen MR) is 100 cm³/mol. The molecule has 2 N–H and O–H groups in total. The van der Waals surface area contributed by atoms with E-state index in [0.717, 1.165) is 18.4 Å². The van der Waals surface area contributed by atoms with Crippen LogP contribution in [0.2, 0.25) is 0 Å². The molecule has 2 fully saturated rings. The Balaban J connectivity index is 0.00000210. The summed E-state index contributed by atoms with van der Waals surface area (Å²) in [5.41, 5.74) is 0.927. The zero-order chi connectivity index (χ0) is 17.9. The maximum Gasteiger partial charge on any atom is 0.246 e. The van der Waals surface area contributed by atoms with Crippen LogP contribution in [0, 0.1) is 0 Å². The molecule has 3 heterocycles. The first kappa shape index (κ1) is 19.3. The molecule has 4 rings (SSSR count). The highest BCUT2D eigenvalue weighted by Crippen LogP contribution is 2.28. The molecular formula is C18H22ClN5O3. The predicted octanol–water partition coefficient (Wildman–Crippen LogP) is 0.952. The number of carbonyl (C=O) groups is 2. The molecule has 144 valence electrons. The maximum atomic E-state index is 12.6. The van der Waals surface area contributed by atoms with E-state index in [1.807, 2.05) is 35.2 Å². The average Bonchev–Trinajstić information content (AvgIpc) is 3.18. The largest absolute Gasteiger partial charge is 0.342 e. The normalized spacial score (nSPS) is 20.7. The number of hydrogen-bond acceptors (Lipinski definition) is 6. The lowest BCUT2D eigenvalue weighted by Gasteiger charge is -2.34. The smallest absolute Gasteiger partial charge is 0.246 e. The summed E-state index contributed by atoms with van der Waals surface area (Å²) >= 11 is 0. The highest BCUT2D eigenvalue weighted by molar-refractivity contribution is 5.89. The van der Waals surface area contributed by atoms with E-state index in [0.29, 0.717) is 31.3 Å². The highest BCUT2D eigenvalue weighted by atomic mass is 35.5. The van der Waals surface area contributed by atoms with E-state index in [1.54, 1.807) is 0 Å². The van der Waals surface area contributed by atoms with Crippen molar-refractivity contribution < 1.29 is 14.1 Å². The van der Waals surface area contributed by atoms with Crippen molar-refractivity contribution in [1.82, 2.24) is 25.7 Å². The van der Waals surface area contributed by atoms with E-state index in [2.05, 4.69) is 20.8 Å². The quantitative estimate of drug-likeness (QED) is 0.808. The maximum absolute atomic E-state index is 12.6. The van der Waals surface area contributed by atoms with Crippen molar-refractivity contribution in [2.24, 2.45) is 0 Å². The summed E-state index contributed by atoms with van der Waals surface area (Å²) in [6.45, 7) is 2.00. The van der Waals surface area contributed by atoms with Crippen molar-refractivity contribution in [2.45, 2.75) is 24.8 Å². The van der Waals surface area contributed by atoms with Crippen LogP contribution in [0.5, 0.6) is 0 Å². The number of hydrogen-bond donors (Lipinski definition) is 2. The van der Waals surface area contributed by atoms with Crippen molar-refractivity contribution in [1.29, 1.82) is 0 Å². The van der Waals surface area contributed by atoms with Gasteiger partial charge in [-0.2, -0.15) is 4.98 Å². The summed E-state index contributed by atoms with van der Waals surface area (Å²) < 4.78 is 5.45. The van der Waals surface area contributed by atoms with Gasteiger partial charge in [0.05, 0.1) is 6.54 Å². The lowest BCUT2D eigenvalue weighted by Crippen LogP contribution is -2.59. The van der Waals surface area contributed by atoms with Crippen LogP contribution in [0.15, 0.2) is 34.9 Å². The van der Waals surface area contributed by atoms with Gasteiger partial charge in [-0.05, 0) is 12.8 Å². The van der Waals surface area contributed by atoms with Crippen LogP contribution in [0.4, 0.5) is 0 Å². The van der Waals surface area contributed by atoms with Crippen LogP contribution >= 0.6 is 12.4 Å². The molecular weight excluding hydrogens is 370 g/mol. The molecule has 1 unspecified atom stereocenters. The molecule has 2 amide bonds. The second-order valence-electron chi connectivity index (χ2n) is 6.67. The highest BCUT2D eigenvalue weighted by Gasteiger charge is 2.32. The molecule has 0 radical (unpaired) electrons. The molecule has 2 aromatic rings. The Bertz CT molecular complexity index is 789. The average molecular weight is 392 g/mol. The summed E-state index contributed by atoms with van der Waals surface area (Å²) in [4.78, 5) is 30.3. The number of halogens is 1. The van der Waals surface area contributed by atoms with Gasteiger partial charge in [0.15, 0.2) is 0 Å².